The fourth-order valence-corrected chi connectivity index (χ4v) is 8.32. The quantitative estimate of drug-likeness (QED) is 0.181. The maximum absolute atomic E-state index is 6.66. The van der Waals surface area contributed by atoms with Gasteiger partial charge in [0.25, 0.3) is 0 Å². The number of para-hydroxylation sites is 2. The van der Waals surface area contributed by atoms with Gasteiger partial charge in [-0.15, -0.1) is 0 Å². The van der Waals surface area contributed by atoms with Gasteiger partial charge in [-0.05, 0) is 82.6 Å². The van der Waals surface area contributed by atoms with Crippen LogP contribution in [0.1, 0.15) is 0 Å². The lowest BCUT2D eigenvalue weighted by Crippen LogP contribution is -2.10. The zero-order valence-electron chi connectivity index (χ0n) is 28.8. The molecule has 0 aliphatic carbocycles. The predicted octanol–water partition coefficient (Wildman–Crippen LogP) is 14.1. The number of benzene rings is 9. The van der Waals surface area contributed by atoms with Crippen LogP contribution in [0.5, 0.6) is 0 Å². The van der Waals surface area contributed by atoms with E-state index in [9.17, 15) is 0 Å². The molecule has 2 heterocycles. The van der Waals surface area contributed by atoms with Crippen LogP contribution in [-0.4, -0.2) is 4.57 Å². The van der Waals surface area contributed by atoms with Gasteiger partial charge in [-0.25, -0.2) is 0 Å². The van der Waals surface area contributed by atoms with E-state index in [0.717, 1.165) is 61.0 Å². The lowest BCUT2D eigenvalue weighted by molar-refractivity contribution is 0.673. The van der Waals surface area contributed by atoms with Gasteiger partial charge in [0, 0.05) is 49.4 Å². The average Bonchev–Trinajstić information content (AvgIpc) is 3.78. The summed E-state index contributed by atoms with van der Waals surface area (Å²) in [6.45, 7) is 0. The Kier molecular flexibility index (Phi) is 6.55. The molecule has 0 aliphatic heterocycles. The van der Waals surface area contributed by atoms with Gasteiger partial charge in [-0.2, -0.15) is 0 Å². The maximum Gasteiger partial charge on any atom is 0.145 e. The average molecular weight is 677 g/mol. The van der Waals surface area contributed by atoms with Crippen LogP contribution in [0, 0.1) is 0 Å². The molecule has 0 spiro atoms. The first kappa shape index (κ1) is 29.6. The van der Waals surface area contributed by atoms with E-state index in [1.54, 1.807) is 0 Å². The SMILES string of the molecule is c1ccc(-c2ccc(N(c3ccc(-n4c5ccccc5c5ccc6ccc7c8ccccc8oc7c6c54)cc3)c3cccc4ccccc34)cc2)cc1. The van der Waals surface area contributed by atoms with Crippen molar-refractivity contribution in [3.63, 3.8) is 0 Å². The Morgan fingerprint density at radius 2 is 1.02 bits per heavy atom. The van der Waals surface area contributed by atoms with Crippen molar-refractivity contribution in [1.82, 2.24) is 4.57 Å². The van der Waals surface area contributed by atoms with Crippen LogP contribution >= 0.6 is 0 Å². The Bertz CT molecular complexity index is 3140. The fraction of sp³-hybridized carbons (Fsp3) is 0. The van der Waals surface area contributed by atoms with Crippen LogP contribution in [0.25, 0.3) is 82.1 Å². The second-order valence-electron chi connectivity index (χ2n) is 13.7. The van der Waals surface area contributed by atoms with Gasteiger partial charge in [0.1, 0.15) is 11.2 Å². The van der Waals surface area contributed by atoms with Gasteiger partial charge in [-0.1, -0.05) is 133 Å². The molecule has 3 nitrogen and oxygen atoms in total. The summed E-state index contributed by atoms with van der Waals surface area (Å²) in [4.78, 5) is 2.38. The van der Waals surface area contributed by atoms with Gasteiger partial charge in [0.2, 0.25) is 0 Å². The first-order chi connectivity index (χ1) is 26.3. The molecule has 248 valence electrons. The number of hydrogen-bond donors (Lipinski definition) is 0. The van der Waals surface area contributed by atoms with Crippen LogP contribution in [-0.2, 0) is 0 Å². The van der Waals surface area contributed by atoms with Crippen LogP contribution in [0.15, 0.2) is 199 Å². The minimum atomic E-state index is 0.907. The van der Waals surface area contributed by atoms with E-state index in [1.807, 2.05) is 6.07 Å². The second-order valence-corrected chi connectivity index (χ2v) is 13.7. The molecule has 0 bridgehead atoms. The minimum Gasteiger partial charge on any atom is -0.455 e. The van der Waals surface area contributed by atoms with Crippen molar-refractivity contribution in [2.24, 2.45) is 0 Å². The number of nitrogens with zero attached hydrogens (tertiary/aromatic N) is 2. The third-order valence-electron chi connectivity index (χ3n) is 10.8. The lowest BCUT2D eigenvalue weighted by atomic mass is 10.0. The van der Waals surface area contributed by atoms with Crippen LogP contribution in [0.2, 0.25) is 0 Å². The topological polar surface area (TPSA) is 21.3 Å². The molecule has 0 aliphatic rings. The first-order valence-corrected chi connectivity index (χ1v) is 18.1. The van der Waals surface area contributed by atoms with Crippen molar-refractivity contribution in [2.75, 3.05) is 4.90 Å². The Balaban J connectivity index is 1.12. The maximum atomic E-state index is 6.66. The largest absolute Gasteiger partial charge is 0.455 e. The zero-order valence-corrected chi connectivity index (χ0v) is 28.8. The fourth-order valence-electron chi connectivity index (χ4n) is 8.32. The number of aromatic nitrogens is 1. The van der Waals surface area contributed by atoms with Gasteiger partial charge in [-0.3, -0.25) is 0 Å². The normalized spacial score (nSPS) is 11.8. The molecule has 0 fully saturated rings. The highest BCUT2D eigenvalue weighted by Gasteiger charge is 2.20. The number of rotatable bonds is 5. The van der Waals surface area contributed by atoms with E-state index < -0.39 is 0 Å². The Hall–Kier alpha value is -7.10. The second kappa shape index (κ2) is 11.7. The highest BCUT2D eigenvalue weighted by atomic mass is 16.3. The van der Waals surface area contributed by atoms with Crippen LogP contribution in [0.3, 0.4) is 0 Å². The van der Waals surface area contributed by atoms with E-state index in [4.69, 9.17) is 4.42 Å². The lowest BCUT2D eigenvalue weighted by Gasteiger charge is -2.27. The van der Waals surface area contributed by atoms with Crippen molar-refractivity contribution >= 4 is 82.4 Å². The van der Waals surface area contributed by atoms with Gasteiger partial charge >= 0.3 is 0 Å². The van der Waals surface area contributed by atoms with Crippen LogP contribution < -0.4 is 4.90 Å². The molecular formula is C50H32N2O. The summed E-state index contributed by atoms with van der Waals surface area (Å²) in [7, 11) is 0. The van der Waals surface area contributed by atoms with Crippen molar-refractivity contribution in [2.45, 2.75) is 0 Å². The molecule has 11 aromatic rings. The number of hydrogen-bond acceptors (Lipinski definition) is 2. The van der Waals surface area contributed by atoms with E-state index in [-0.39, 0.29) is 0 Å². The summed E-state index contributed by atoms with van der Waals surface area (Å²) < 4.78 is 9.08. The smallest absolute Gasteiger partial charge is 0.145 e. The van der Waals surface area contributed by atoms with Crippen molar-refractivity contribution in [3.8, 4) is 16.8 Å². The summed E-state index contributed by atoms with van der Waals surface area (Å²) >= 11 is 0. The van der Waals surface area contributed by atoms with Gasteiger partial charge in [0.15, 0.2) is 0 Å². The molecule has 11 rings (SSSR count). The van der Waals surface area contributed by atoms with E-state index in [1.165, 1.54) is 38.2 Å². The molecule has 0 amide bonds. The number of furan rings is 1. The first-order valence-electron chi connectivity index (χ1n) is 18.1. The highest BCUT2D eigenvalue weighted by Crippen LogP contribution is 2.43. The third kappa shape index (κ3) is 4.61. The summed E-state index contributed by atoms with van der Waals surface area (Å²) in [5.74, 6) is 0. The summed E-state index contributed by atoms with van der Waals surface area (Å²) in [5.41, 5.74) is 11.0. The van der Waals surface area contributed by atoms with E-state index in [0.29, 0.717) is 0 Å². The van der Waals surface area contributed by atoms with E-state index in [2.05, 4.69) is 198 Å². The zero-order chi connectivity index (χ0) is 34.9. The third-order valence-corrected chi connectivity index (χ3v) is 10.8. The molecule has 0 N–H and O–H groups in total. The van der Waals surface area contributed by atoms with Crippen molar-refractivity contribution in [3.05, 3.63) is 194 Å². The Morgan fingerprint density at radius 3 is 1.83 bits per heavy atom. The van der Waals surface area contributed by atoms with Crippen LogP contribution in [0.4, 0.5) is 17.1 Å². The molecular weight excluding hydrogens is 645 g/mol. The van der Waals surface area contributed by atoms with Gasteiger partial charge < -0.3 is 13.9 Å². The molecule has 0 saturated heterocycles. The molecule has 53 heavy (non-hydrogen) atoms. The molecule has 0 unspecified atom stereocenters. The van der Waals surface area contributed by atoms with E-state index >= 15 is 0 Å². The summed E-state index contributed by atoms with van der Waals surface area (Å²) in [6, 6.07) is 69.7. The monoisotopic (exact) mass is 676 g/mol. The minimum absolute atomic E-state index is 0.907. The summed E-state index contributed by atoms with van der Waals surface area (Å²) in [5, 5.41) is 9.41. The molecule has 0 atom stereocenters. The van der Waals surface area contributed by atoms with Crippen molar-refractivity contribution < 1.29 is 4.42 Å². The standard InChI is InChI=1S/C50H32N2O/c1-2-11-33(12-3-1)34-21-25-37(26-22-34)51(45-19-10-14-35-13-4-5-15-40(35)45)38-27-29-39(30-28-38)52-46-18-8-6-16-41(46)43-31-23-36-24-32-44-42-17-7-9-20-47(42)53-50(44)48(36)49(43)52/h1-32H. The summed E-state index contributed by atoms with van der Waals surface area (Å²) in [6.07, 6.45) is 0. The predicted molar refractivity (Wildman–Crippen MR) is 223 cm³/mol. The molecule has 9 aromatic carbocycles. The Labute approximate surface area is 306 Å². The molecule has 2 aromatic heterocycles. The molecule has 3 heteroatoms. The van der Waals surface area contributed by atoms with Gasteiger partial charge in [0.05, 0.1) is 16.7 Å². The molecule has 0 radical (unpaired) electrons. The van der Waals surface area contributed by atoms with Crippen molar-refractivity contribution in [1.29, 1.82) is 0 Å². The molecule has 0 saturated carbocycles. The highest BCUT2D eigenvalue weighted by molar-refractivity contribution is 6.26. The Morgan fingerprint density at radius 1 is 0.396 bits per heavy atom. The number of anilines is 3. The number of fused-ring (bicyclic) bond motifs is 10.